The molecule has 0 radical (unpaired) electrons. The highest BCUT2D eigenvalue weighted by atomic mass is 16.7. The van der Waals surface area contributed by atoms with Crippen molar-refractivity contribution in [2.75, 3.05) is 0 Å². The van der Waals surface area contributed by atoms with Crippen LogP contribution in [-0.2, 0) is 19.1 Å². The van der Waals surface area contributed by atoms with E-state index in [0.29, 0.717) is 0 Å². The van der Waals surface area contributed by atoms with E-state index in [1.54, 1.807) is 0 Å². The van der Waals surface area contributed by atoms with Crippen molar-refractivity contribution in [2.45, 2.75) is 19.3 Å². The van der Waals surface area contributed by atoms with Crippen LogP contribution in [0.15, 0.2) is 0 Å². The summed E-state index contributed by atoms with van der Waals surface area (Å²) in [4.78, 5) is 19.2. The second kappa shape index (κ2) is 4.75. The average Bonchev–Trinajstić information content (AvgIpc) is 1.89. The number of aliphatic hydroxyl groups excluding tert-OH is 1. The third kappa shape index (κ3) is 3.03. The highest BCUT2D eigenvalue weighted by Crippen LogP contribution is 1.96. The minimum Gasteiger partial charge on any atom is -0.458 e. The Morgan fingerprint density at radius 1 is 1.30 bits per heavy atom. The van der Waals surface area contributed by atoms with E-state index >= 15 is 0 Å². The van der Waals surface area contributed by atoms with Crippen molar-refractivity contribution in [3.8, 4) is 0 Å². The third-order valence-electron chi connectivity index (χ3n) is 0.867. The summed E-state index contributed by atoms with van der Waals surface area (Å²) in [5, 5.41) is 8.71. The molecule has 0 aliphatic carbocycles. The minimum absolute atomic E-state index is 0.0787. The molecule has 0 heterocycles. The molecule has 2 unspecified atom stereocenters. The van der Waals surface area contributed by atoms with Crippen LogP contribution in [0.3, 0.4) is 0 Å². The Morgan fingerprint density at radius 2 is 1.80 bits per heavy atom. The molecule has 0 fully saturated rings. The zero-order chi connectivity index (χ0) is 7.98. The second-order valence-electron chi connectivity index (χ2n) is 1.56. The fourth-order valence-electron chi connectivity index (χ4n) is 0.322. The van der Waals surface area contributed by atoms with Gasteiger partial charge in [-0.3, -0.25) is 9.59 Å². The minimum atomic E-state index is -1.39. The number of aliphatic hydroxyl groups is 1. The van der Waals surface area contributed by atoms with Gasteiger partial charge in [-0.05, 0) is 6.92 Å². The topological polar surface area (TPSA) is 72.8 Å². The Balaban J connectivity index is 3.56. The molecule has 1 N–H and O–H groups in total. The first kappa shape index (κ1) is 8.90. The van der Waals surface area contributed by atoms with Gasteiger partial charge in [-0.1, -0.05) is 0 Å². The predicted octanol–water partition coefficient (Wildman–Crippen LogP) is -0.961. The van der Waals surface area contributed by atoms with E-state index in [1.165, 1.54) is 6.92 Å². The standard InChI is InChI=1S/C5H8O5/c1-4(9-2-6)5(8)10-3-7/h2-5,8H,1H3. The van der Waals surface area contributed by atoms with Crippen molar-refractivity contribution >= 4 is 12.9 Å². The summed E-state index contributed by atoms with van der Waals surface area (Å²) < 4.78 is 8.29. The Kier molecular flexibility index (Phi) is 4.23. The lowest BCUT2D eigenvalue weighted by atomic mass is 10.4. The lowest BCUT2D eigenvalue weighted by molar-refractivity contribution is -0.179. The number of hydrogen-bond donors (Lipinski definition) is 1. The summed E-state index contributed by atoms with van der Waals surface area (Å²) >= 11 is 0. The van der Waals surface area contributed by atoms with E-state index < -0.39 is 12.4 Å². The van der Waals surface area contributed by atoms with Crippen molar-refractivity contribution < 1.29 is 24.2 Å². The molecular formula is C5H8O5. The molecule has 0 spiro atoms. The van der Waals surface area contributed by atoms with Gasteiger partial charge in [0.1, 0.15) is 0 Å². The second-order valence-corrected chi connectivity index (χ2v) is 1.56. The van der Waals surface area contributed by atoms with E-state index in [4.69, 9.17) is 5.11 Å². The van der Waals surface area contributed by atoms with Gasteiger partial charge in [0.05, 0.1) is 0 Å². The quantitative estimate of drug-likeness (QED) is 0.401. The lowest BCUT2D eigenvalue weighted by Gasteiger charge is -2.13. The van der Waals surface area contributed by atoms with Gasteiger partial charge in [0, 0.05) is 0 Å². The van der Waals surface area contributed by atoms with Crippen LogP contribution in [0.2, 0.25) is 0 Å². The maximum absolute atomic E-state index is 9.65. The largest absolute Gasteiger partial charge is 0.458 e. The van der Waals surface area contributed by atoms with Crippen LogP contribution < -0.4 is 0 Å². The van der Waals surface area contributed by atoms with Crippen molar-refractivity contribution in [1.82, 2.24) is 0 Å². The van der Waals surface area contributed by atoms with Gasteiger partial charge in [-0.15, -0.1) is 0 Å². The van der Waals surface area contributed by atoms with E-state index in [2.05, 4.69) is 9.47 Å². The van der Waals surface area contributed by atoms with E-state index in [1.807, 2.05) is 0 Å². The Hall–Kier alpha value is -1.10. The number of ether oxygens (including phenoxy) is 2. The van der Waals surface area contributed by atoms with E-state index in [-0.39, 0.29) is 12.9 Å². The van der Waals surface area contributed by atoms with Gasteiger partial charge in [0.2, 0.25) is 6.29 Å². The zero-order valence-corrected chi connectivity index (χ0v) is 5.39. The van der Waals surface area contributed by atoms with Crippen molar-refractivity contribution in [3.63, 3.8) is 0 Å². The molecule has 0 aromatic rings. The first-order chi connectivity index (χ1) is 4.72. The predicted molar refractivity (Wildman–Crippen MR) is 29.8 cm³/mol. The Morgan fingerprint density at radius 3 is 2.20 bits per heavy atom. The van der Waals surface area contributed by atoms with Gasteiger partial charge in [0.25, 0.3) is 12.9 Å². The average molecular weight is 148 g/mol. The summed E-state index contributed by atoms with van der Waals surface area (Å²) in [7, 11) is 0. The van der Waals surface area contributed by atoms with Crippen LogP contribution in [0.25, 0.3) is 0 Å². The van der Waals surface area contributed by atoms with Crippen LogP contribution in [0, 0.1) is 0 Å². The molecule has 0 amide bonds. The molecular weight excluding hydrogens is 140 g/mol. The van der Waals surface area contributed by atoms with Crippen LogP contribution in [0.1, 0.15) is 6.92 Å². The van der Waals surface area contributed by atoms with Gasteiger partial charge in [-0.2, -0.15) is 0 Å². The SMILES string of the molecule is CC(OC=O)C(O)OC=O. The summed E-state index contributed by atoms with van der Waals surface area (Å²) in [5.41, 5.74) is 0. The smallest absolute Gasteiger partial charge is 0.295 e. The molecule has 0 aromatic heterocycles. The van der Waals surface area contributed by atoms with Crippen LogP contribution in [0.4, 0.5) is 0 Å². The van der Waals surface area contributed by atoms with Gasteiger partial charge >= 0.3 is 0 Å². The summed E-state index contributed by atoms with van der Waals surface area (Å²) in [6.07, 6.45) is -2.22. The fraction of sp³-hybridized carbons (Fsp3) is 0.600. The Bertz CT molecular complexity index is 98.6. The van der Waals surface area contributed by atoms with Crippen molar-refractivity contribution in [2.24, 2.45) is 0 Å². The molecule has 10 heavy (non-hydrogen) atoms. The maximum Gasteiger partial charge on any atom is 0.295 e. The number of carbonyl (C=O) groups is 2. The summed E-state index contributed by atoms with van der Waals surface area (Å²) in [6, 6.07) is 0. The molecule has 5 heteroatoms. The summed E-state index contributed by atoms with van der Waals surface area (Å²) in [6.45, 7) is 1.64. The molecule has 0 saturated carbocycles. The first-order valence-corrected chi connectivity index (χ1v) is 2.58. The van der Waals surface area contributed by atoms with Crippen molar-refractivity contribution in [1.29, 1.82) is 0 Å². The van der Waals surface area contributed by atoms with Crippen LogP contribution in [0.5, 0.6) is 0 Å². The molecule has 0 rings (SSSR count). The lowest BCUT2D eigenvalue weighted by Crippen LogP contribution is -2.27. The molecule has 5 nitrogen and oxygen atoms in total. The molecule has 2 atom stereocenters. The zero-order valence-electron chi connectivity index (χ0n) is 5.39. The molecule has 0 aliphatic rings. The monoisotopic (exact) mass is 148 g/mol. The number of hydrogen-bond acceptors (Lipinski definition) is 5. The Labute approximate surface area is 57.5 Å². The summed E-state index contributed by atoms with van der Waals surface area (Å²) in [5.74, 6) is 0. The number of rotatable bonds is 5. The molecule has 58 valence electrons. The van der Waals surface area contributed by atoms with E-state index in [0.717, 1.165) is 0 Å². The molecule has 0 aliphatic heterocycles. The number of carbonyl (C=O) groups excluding carboxylic acids is 2. The van der Waals surface area contributed by atoms with Crippen LogP contribution in [-0.4, -0.2) is 30.4 Å². The molecule has 0 saturated heterocycles. The van der Waals surface area contributed by atoms with Gasteiger partial charge < -0.3 is 14.6 Å². The molecule has 0 aromatic carbocycles. The highest BCUT2D eigenvalue weighted by molar-refractivity contribution is 5.38. The third-order valence-corrected chi connectivity index (χ3v) is 0.867. The van der Waals surface area contributed by atoms with Gasteiger partial charge in [0.15, 0.2) is 6.10 Å². The first-order valence-electron chi connectivity index (χ1n) is 2.58. The molecule has 0 bridgehead atoms. The van der Waals surface area contributed by atoms with E-state index in [9.17, 15) is 9.59 Å². The van der Waals surface area contributed by atoms with Gasteiger partial charge in [-0.25, -0.2) is 0 Å². The van der Waals surface area contributed by atoms with Crippen molar-refractivity contribution in [3.05, 3.63) is 0 Å². The maximum atomic E-state index is 9.65. The fourth-order valence-corrected chi connectivity index (χ4v) is 0.322. The van der Waals surface area contributed by atoms with Crippen LogP contribution >= 0.6 is 0 Å². The highest BCUT2D eigenvalue weighted by Gasteiger charge is 2.14. The normalized spacial score (nSPS) is 15.0.